The number of rotatable bonds is 6. The molecule has 17 heavy (non-hydrogen) atoms. The van der Waals surface area contributed by atoms with Crippen LogP contribution in [0.5, 0.6) is 0 Å². The number of aromatic nitrogens is 1. The van der Waals surface area contributed by atoms with Crippen LogP contribution in [0.3, 0.4) is 0 Å². The summed E-state index contributed by atoms with van der Waals surface area (Å²) in [5.74, 6) is 0.0785. The topological polar surface area (TPSA) is 79.2 Å². The number of hydrogen-bond donors (Lipinski definition) is 1. The van der Waals surface area contributed by atoms with Gasteiger partial charge < -0.3 is 9.88 Å². The second-order valence-electron chi connectivity index (χ2n) is 3.51. The lowest BCUT2D eigenvalue weighted by atomic mass is 10.3. The Morgan fingerprint density at radius 1 is 1.59 bits per heavy atom. The zero-order chi connectivity index (χ0) is 12.8. The number of alkyl halides is 1. The van der Waals surface area contributed by atoms with Crippen LogP contribution in [0.25, 0.3) is 0 Å². The first-order valence-electron chi connectivity index (χ1n) is 5.28. The molecule has 0 aliphatic rings. The Hall–Kier alpha value is -1.56. The molecule has 7 heteroatoms. The third-order valence-electron chi connectivity index (χ3n) is 2.24. The first-order valence-corrected chi connectivity index (χ1v) is 5.81. The summed E-state index contributed by atoms with van der Waals surface area (Å²) in [5, 5.41) is 10.5. The highest BCUT2D eigenvalue weighted by Gasteiger charge is 2.19. The molecule has 94 valence electrons. The van der Waals surface area contributed by atoms with Gasteiger partial charge in [0.25, 0.3) is 11.6 Å². The Morgan fingerprint density at radius 3 is 2.76 bits per heavy atom. The van der Waals surface area contributed by atoms with Crippen molar-refractivity contribution in [1.29, 1.82) is 0 Å². The standard InChI is InChI=1S/C10H14ClN3O3/c1-2-4-13(5-3-11)10(15)9-6-8(7-12-9)14(16)17/h6-7,12H,2-5H2,1H3. The fourth-order valence-electron chi connectivity index (χ4n) is 1.47. The molecule has 0 aromatic carbocycles. The van der Waals surface area contributed by atoms with Crippen molar-refractivity contribution < 1.29 is 9.72 Å². The summed E-state index contributed by atoms with van der Waals surface area (Å²) in [4.78, 5) is 26.1. The van der Waals surface area contributed by atoms with Crippen molar-refractivity contribution in [1.82, 2.24) is 9.88 Å². The molecule has 6 nitrogen and oxygen atoms in total. The van der Waals surface area contributed by atoms with Gasteiger partial charge in [-0.2, -0.15) is 0 Å². The third-order valence-corrected chi connectivity index (χ3v) is 2.41. The van der Waals surface area contributed by atoms with Gasteiger partial charge in [0.1, 0.15) is 5.69 Å². The maximum Gasteiger partial charge on any atom is 0.287 e. The van der Waals surface area contributed by atoms with Crippen LogP contribution in [-0.4, -0.2) is 39.7 Å². The first-order chi connectivity index (χ1) is 8.10. The average Bonchev–Trinajstić information content (AvgIpc) is 2.77. The van der Waals surface area contributed by atoms with E-state index in [2.05, 4.69) is 4.98 Å². The fraction of sp³-hybridized carbons (Fsp3) is 0.500. The molecule has 0 bridgehead atoms. The molecule has 0 fully saturated rings. The number of H-pyrrole nitrogens is 1. The van der Waals surface area contributed by atoms with Crippen LogP contribution in [0.4, 0.5) is 5.69 Å². The van der Waals surface area contributed by atoms with E-state index in [4.69, 9.17) is 11.6 Å². The van der Waals surface area contributed by atoms with Crippen molar-refractivity contribution in [2.24, 2.45) is 0 Å². The Labute approximate surface area is 104 Å². The number of aromatic amines is 1. The number of carbonyl (C=O) groups is 1. The van der Waals surface area contributed by atoms with Crippen LogP contribution in [0.2, 0.25) is 0 Å². The third kappa shape index (κ3) is 3.45. The molecular formula is C10H14ClN3O3. The van der Waals surface area contributed by atoms with Gasteiger partial charge >= 0.3 is 0 Å². The number of nitrogens with zero attached hydrogens (tertiary/aromatic N) is 2. The lowest BCUT2D eigenvalue weighted by Crippen LogP contribution is -2.33. The summed E-state index contributed by atoms with van der Waals surface area (Å²) >= 11 is 5.61. The quantitative estimate of drug-likeness (QED) is 0.482. The van der Waals surface area contributed by atoms with Crippen molar-refractivity contribution in [2.75, 3.05) is 19.0 Å². The molecule has 1 heterocycles. The van der Waals surface area contributed by atoms with Gasteiger partial charge in [-0.25, -0.2) is 0 Å². The molecule has 1 aromatic rings. The zero-order valence-electron chi connectivity index (χ0n) is 9.48. The molecule has 0 saturated carbocycles. The highest BCUT2D eigenvalue weighted by atomic mass is 35.5. The smallest absolute Gasteiger partial charge is 0.287 e. The lowest BCUT2D eigenvalue weighted by Gasteiger charge is -2.19. The van der Waals surface area contributed by atoms with E-state index in [1.54, 1.807) is 4.90 Å². The fourth-order valence-corrected chi connectivity index (χ4v) is 1.67. The average molecular weight is 260 g/mol. The number of hydrogen-bond acceptors (Lipinski definition) is 3. The maximum atomic E-state index is 12.0. The van der Waals surface area contributed by atoms with Gasteiger partial charge in [0.2, 0.25) is 0 Å². The number of nitro groups is 1. The van der Waals surface area contributed by atoms with Crippen molar-refractivity contribution in [3.05, 3.63) is 28.1 Å². The van der Waals surface area contributed by atoms with E-state index in [1.165, 1.54) is 12.3 Å². The van der Waals surface area contributed by atoms with E-state index in [0.717, 1.165) is 6.42 Å². The molecule has 0 aliphatic carbocycles. The summed E-state index contributed by atoms with van der Waals surface area (Å²) in [7, 11) is 0. The van der Waals surface area contributed by atoms with Gasteiger partial charge in [0, 0.05) is 25.0 Å². The maximum absolute atomic E-state index is 12.0. The van der Waals surface area contributed by atoms with Crippen LogP contribution < -0.4 is 0 Å². The second-order valence-corrected chi connectivity index (χ2v) is 3.89. The molecule has 0 atom stereocenters. The molecule has 1 aromatic heterocycles. The summed E-state index contributed by atoms with van der Waals surface area (Å²) in [6.07, 6.45) is 2.02. The monoisotopic (exact) mass is 259 g/mol. The Bertz CT molecular complexity index is 399. The van der Waals surface area contributed by atoms with Crippen molar-refractivity contribution >= 4 is 23.2 Å². The molecule has 0 saturated heterocycles. The summed E-state index contributed by atoms with van der Waals surface area (Å²) in [6, 6.07) is 1.24. The summed E-state index contributed by atoms with van der Waals surface area (Å²) < 4.78 is 0. The predicted molar refractivity (Wildman–Crippen MR) is 64.4 cm³/mol. The number of nitrogens with one attached hydrogen (secondary N) is 1. The van der Waals surface area contributed by atoms with Crippen LogP contribution in [0.15, 0.2) is 12.3 Å². The molecule has 1 amide bonds. The zero-order valence-corrected chi connectivity index (χ0v) is 10.2. The van der Waals surface area contributed by atoms with Gasteiger partial charge in [-0.15, -0.1) is 11.6 Å². The molecule has 0 unspecified atom stereocenters. The van der Waals surface area contributed by atoms with Crippen molar-refractivity contribution in [2.45, 2.75) is 13.3 Å². The van der Waals surface area contributed by atoms with Gasteiger partial charge in [-0.3, -0.25) is 14.9 Å². The molecule has 1 N–H and O–H groups in total. The SMILES string of the molecule is CCCN(CCCl)C(=O)c1cc([N+](=O)[O-])c[nH]1. The number of amides is 1. The summed E-state index contributed by atoms with van der Waals surface area (Å²) in [6.45, 7) is 2.96. The van der Waals surface area contributed by atoms with E-state index in [9.17, 15) is 14.9 Å². The molecule has 1 rings (SSSR count). The minimum absolute atomic E-state index is 0.115. The highest BCUT2D eigenvalue weighted by Crippen LogP contribution is 2.14. The van der Waals surface area contributed by atoms with Crippen LogP contribution in [-0.2, 0) is 0 Å². The minimum atomic E-state index is -0.543. The van der Waals surface area contributed by atoms with E-state index < -0.39 is 4.92 Å². The van der Waals surface area contributed by atoms with E-state index in [0.29, 0.717) is 19.0 Å². The van der Waals surface area contributed by atoms with Crippen LogP contribution >= 0.6 is 11.6 Å². The molecule has 0 radical (unpaired) electrons. The highest BCUT2D eigenvalue weighted by molar-refractivity contribution is 6.18. The lowest BCUT2D eigenvalue weighted by molar-refractivity contribution is -0.384. The van der Waals surface area contributed by atoms with E-state index in [-0.39, 0.29) is 17.3 Å². The second kappa shape index (κ2) is 6.24. The Kier molecular flexibility index (Phi) is 4.96. The molecular weight excluding hydrogens is 246 g/mol. The summed E-state index contributed by atoms with van der Waals surface area (Å²) in [5.41, 5.74) is 0.103. The number of halogens is 1. The van der Waals surface area contributed by atoms with Crippen LogP contribution in [0, 0.1) is 10.1 Å². The Morgan fingerprint density at radius 2 is 2.29 bits per heavy atom. The van der Waals surface area contributed by atoms with E-state index >= 15 is 0 Å². The Balaban J connectivity index is 2.81. The van der Waals surface area contributed by atoms with Gasteiger partial charge in [0.15, 0.2) is 0 Å². The minimum Gasteiger partial charge on any atom is -0.351 e. The van der Waals surface area contributed by atoms with Crippen LogP contribution in [0.1, 0.15) is 23.8 Å². The molecule has 0 spiro atoms. The van der Waals surface area contributed by atoms with Crippen molar-refractivity contribution in [3.63, 3.8) is 0 Å². The molecule has 0 aliphatic heterocycles. The normalized spacial score (nSPS) is 10.2. The van der Waals surface area contributed by atoms with Gasteiger partial charge in [-0.05, 0) is 6.42 Å². The van der Waals surface area contributed by atoms with Crippen molar-refractivity contribution in [3.8, 4) is 0 Å². The largest absolute Gasteiger partial charge is 0.351 e. The van der Waals surface area contributed by atoms with Gasteiger partial charge in [0.05, 0.1) is 11.1 Å². The van der Waals surface area contributed by atoms with Gasteiger partial charge in [-0.1, -0.05) is 6.92 Å². The number of carbonyl (C=O) groups excluding carboxylic acids is 1. The van der Waals surface area contributed by atoms with E-state index in [1.807, 2.05) is 6.92 Å². The first kappa shape index (κ1) is 13.5. The predicted octanol–water partition coefficient (Wildman–Crippen LogP) is 2.01.